The molecule has 0 saturated carbocycles. The first-order valence-electron chi connectivity index (χ1n) is 7.52. The number of hydrogen-bond donors (Lipinski definition) is 3. The first kappa shape index (κ1) is 17.7. The maximum Gasteiger partial charge on any atom is 0.341 e. The van der Waals surface area contributed by atoms with E-state index in [9.17, 15) is 13.9 Å². The Morgan fingerprint density at radius 3 is 2.65 bits per heavy atom. The number of rotatable bonds is 5. The molecule has 1 aromatic carbocycles. The average Bonchev–Trinajstić information content (AvgIpc) is 2.53. The number of nitrogens with zero attached hydrogens (tertiary/aromatic N) is 1. The van der Waals surface area contributed by atoms with Gasteiger partial charge in [-0.25, -0.2) is 4.79 Å². The smallest absolute Gasteiger partial charge is 0.341 e. The van der Waals surface area contributed by atoms with E-state index < -0.39 is 16.7 Å². The number of benzene rings is 1. The Kier molecular flexibility index (Phi) is 5.61. The van der Waals surface area contributed by atoms with E-state index in [1.807, 2.05) is 6.92 Å². The highest BCUT2D eigenvalue weighted by molar-refractivity contribution is 8.25. The van der Waals surface area contributed by atoms with E-state index in [1.54, 1.807) is 16.4 Å². The fraction of sp³-hybridized carbons (Fsp3) is 0.533. The number of carbonyl (C=O) groups excluding carboxylic acids is 1. The number of esters is 1. The Balaban J connectivity index is 2.59. The summed E-state index contributed by atoms with van der Waals surface area (Å²) >= 11 is 0. The van der Waals surface area contributed by atoms with Crippen molar-refractivity contribution in [1.29, 1.82) is 0 Å². The van der Waals surface area contributed by atoms with Crippen LogP contribution in [0.15, 0.2) is 12.1 Å². The first-order chi connectivity index (χ1) is 10.9. The molecule has 2 rings (SSSR count). The molecule has 7 nitrogen and oxygen atoms in total. The van der Waals surface area contributed by atoms with E-state index in [4.69, 9.17) is 9.47 Å². The minimum absolute atomic E-state index is 0.254. The van der Waals surface area contributed by atoms with Crippen molar-refractivity contribution in [3.8, 4) is 5.75 Å². The quantitative estimate of drug-likeness (QED) is 0.707. The van der Waals surface area contributed by atoms with Crippen LogP contribution in [0.3, 0.4) is 0 Å². The van der Waals surface area contributed by atoms with E-state index in [-0.39, 0.29) is 5.56 Å². The van der Waals surface area contributed by atoms with Gasteiger partial charge < -0.3 is 14.8 Å². The number of ether oxygens (including phenoxy) is 2. The lowest BCUT2D eigenvalue weighted by Gasteiger charge is -2.47. The van der Waals surface area contributed by atoms with Crippen LogP contribution < -0.4 is 14.4 Å². The molecule has 0 aliphatic carbocycles. The van der Waals surface area contributed by atoms with Crippen molar-refractivity contribution < 1.29 is 23.4 Å². The molecule has 0 radical (unpaired) electrons. The predicted molar refractivity (Wildman–Crippen MR) is 92.8 cm³/mol. The minimum atomic E-state index is -2.92. The van der Waals surface area contributed by atoms with Crippen LogP contribution >= 0.6 is 10.8 Å². The third-order valence-corrected chi connectivity index (χ3v) is 5.63. The average molecular weight is 344 g/mol. The summed E-state index contributed by atoms with van der Waals surface area (Å²) in [5, 5.41) is 3.14. The van der Waals surface area contributed by atoms with Crippen molar-refractivity contribution in [1.82, 2.24) is 0 Å². The lowest BCUT2D eigenvalue weighted by molar-refractivity contribution is 0.0597. The molecular weight excluding hydrogens is 320 g/mol. The van der Waals surface area contributed by atoms with Gasteiger partial charge in [-0.15, -0.1) is 10.8 Å². The maximum atomic E-state index is 12.1. The van der Waals surface area contributed by atoms with Gasteiger partial charge in [0.15, 0.2) is 5.75 Å². The highest BCUT2D eigenvalue weighted by Gasteiger charge is 2.31. The van der Waals surface area contributed by atoms with Crippen molar-refractivity contribution in [2.75, 3.05) is 42.7 Å². The third kappa shape index (κ3) is 3.65. The molecule has 130 valence electrons. The highest BCUT2D eigenvalue weighted by atomic mass is 32.3. The Labute approximate surface area is 138 Å². The lowest BCUT2D eigenvalue weighted by Crippen LogP contribution is -2.34. The molecule has 0 atom stereocenters. The zero-order valence-electron chi connectivity index (χ0n) is 13.7. The van der Waals surface area contributed by atoms with Crippen LogP contribution in [0, 0.1) is 0 Å². The van der Waals surface area contributed by atoms with Crippen LogP contribution in [0.1, 0.15) is 30.1 Å². The van der Waals surface area contributed by atoms with Crippen molar-refractivity contribution in [3.05, 3.63) is 17.7 Å². The molecule has 23 heavy (non-hydrogen) atoms. The number of carbonyl (C=O) groups is 1. The number of methoxy groups -OCH3 is 2. The summed E-state index contributed by atoms with van der Waals surface area (Å²) in [6, 6.07) is 3.42. The molecule has 1 aliphatic heterocycles. The molecule has 0 bridgehead atoms. The summed E-state index contributed by atoms with van der Waals surface area (Å²) in [5.41, 5.74) is 1.44. The van der Waals surface area contributed by atoms with Gasteiger partial charge in [-0.1, -0.05) is 0 Å². The summed E-state index contributed by atoms with van der Waals surface area (Å²) in [6.45, 7) is 3.10. The highest BCUT2D eigenvalue weighted by Crippen LogP contribution is 2.53. The second kappa shape index (κ2) is 7.29. The van der Waals surface area contributed by atoms with Gasteiger partial charge >= 0.3 is 5.97 Å². The van der Waals surface area contributed by atoms with E-state index in [0.29, 0.717) is 36.0 Å². The molecule has 0 unspecified atom stereocenters. The standard InChI is InChI=1S/C15H24N2O5S/c1-4-16-11-9-12(15(18)22-3)14(21-2)13(10-11)17-7-5-6-8-23(17,19)20/h9-10,16,19-20H,4-8H2,1-3H3. The largest absolute Gasteiger partial charge is 0.494 e. The van der Waals surface area contributed by atoms with Crippen LogP contribution in [0.25, 0.3) is 0 Å². The topological polar surface area (TPSA) is 91.3 Å². The molecule has 3 N–H and O–H groups in total. The predicted octanol–water partition coefficient (Wildman–Crippen LogP) is 3.18. The fourth-order valence-corrected chi connectivity index (χ4v) is 4.35. The zero-order valence-corrected chi connectivity index (χ0v) is 14.5. The van der Waals surface area contributed by atoms with Crippen LogP contribution in [0.2, 0.25) is 0 Å². The molecule has 1 aromatic rings. The maximum absolute atomic E-state index is 12.1. The van der Waals surface area contributed by atoms with E-state index in [2.05, 4.69) is 5.32 Å². The molecule has 1 saturated heterocycles. The summed E-state index contributed by atoms with van der Waals surface area (Å²) in [4.78, 5) is 12.1. The van der Waals surface area contributed by atoms with Crippen LogP contribution in [-0.2, 0) is 4.74 Å². The van der Waals surface area contributed by atoms with Crippen molar-refractivity contribution in [2.24, 2.45) is 0 Å². The van der Waals surface area contributed by atoms with Crippen LogP contribution in [0.5, 0.6) is 5.75 Å². The minimum Gasteiger partial charge on any atom is -0.494 e. The monoisotopic (exact) mass is 344 g/mol. The summed E-state index contributed by atoms with van der Waals surface area (Å²) in [5.74, 6) is 0.0755. The Hall–Kier alpha value is -1.64. The van der Waals surface area contributed by atoms with Crippen molar-refractivity contribution >= 4 is 28.1 Å². The Bertz CT molecular complexity index is 579. The summed E-state index contributed by atoms with van der Waals surface area (Å²) in [7, 11) is -0.163. The van der Waals surface area contributed by atoms with Gasteiger partial charge in [-0.05, 0) is 31.9 Å². The van der Waals surface area contributed by atoms with Gasteiger partial charge in [0.05, 0.1) is 20.0 Å². The molecule has 0 aromatic heterocycles. The molecule has 0 amide bonds. The summed E-state index contributed by atoms with van der Waals surface area (Å²) in [6.07, 6.45) is 1.61. The van der Waals surface area contributed by atoms with Crippen LogP contribution in [-0.4, -0.2) is 48.1 Å². The second-order valence-corrected chi connectivity index (χ2v) is 7.36. The molecule has 0 spiro atoms. The van der Waals surface area contributed by atoms with Gasteiger partial charge in [0, 0.05) is 18.8 Å². The van der Waals surface area contributed by atoms with E-state index in [0.717, 1.165) is 12.8 Å². The lowest BCUT2D eigenvalue weighted by atomic mass is 10.1. The first-order valence-corrected chi connectivity index (χ1v) is 9.19. The summed E-state index contributed by atoms with van der Waals surface area (Å²) < 4.78 is 32.5. The Morgan fingerprint density at radius 1 is 1.35 bits per heavy atom. The van der Waals surface area contributed by atoms with Crippen molar-refractivity contribution in [3.63, 3.8) is 0 Å². The number of hydrogen-bond acceptors (Lipinski definition) is 7. The third-order valence-electron chi connectivity index (χ3n) is 3.71. The SMILES string of the molecule is CCNc1cc(C(=O)OC)c(OC)c(N2CCCCS2(O)O)c1. The van der Waals surface area contributed by atoms with Gasteiger partial charge in [0.2, 0.25) is 0 Å². The van der Waals surface area contributed by atoms with Gasteiger partial charge in [-0.3, -0.25) is 13.4 Å². The van der Waals surface area contributed by atoms with Crippen molar-refractivity contribution in [2.45, 2.75) is 19.8 Å². The molecule has 1 heterocycles. The molecular formula is C15H24N2O5S. The van der Waals surface area contributed by atoms with Gasteiger partial charge in [0.25, 0.3) is 0 Å². The fourth-order valence-electron chi connectivity index (χ4n) is 2.67. The normalized spacial score (nSPS) is 18.2. The van der Waals surface area contributed by atoms with Crippen LogP contribution in [0.4, 0.5) is 11.4 Å². The van der Waals surface area contributed by atoms with E-state index in [1.165, 1.54) is 14.2 Å². The Morgan fingerprint density at radius 2 is 2.09 bits per heavy atom. The van der Waals surface area contributed by atoms with E-state index >= 15 is 0 Å². The molecule has 1 aliphatic rings. The zero-order chi connectivity index (χ0) is 17.0. The molecule has 8 heteroatoms. The second-order valence-electron chi connectivity index (χ2n) is 5.24. The van der Waals surface area contributed by atoms with Gasteiger partial charge in [-0.2, -0.15) is 0 Å². The molecule has 1 fully saturated rings. The van der Waals surface area contributed by atoms with Gasteiger partial charge in [0.1, 0.15) is 11.3 Å². The number of anilines is 2. The number of nitrogens with one attached hydrogen (secondary N) is 1.